The van der Waals surface area contributed by atoms with E-state index < -0.39 is 0 Å². The molecule has 30 heavy (non-hydrogen) atoms. The summed E-state index contributed by atoms with van der Waals surface area (Å²) in [7, 11) is 0. The van der Waals surface area contributed by atoms with Crippen LogP contribution in [0.4, 0.5) is 0 Å². The van der Waals surface area contributed by atoms with Crippen LogP contribution in [0.2, 0.25) is 0 Å². The molecule has 0 aliphatic carbocycles. The molecule has 1 aromatic heterocycles. The number of aryl methyl sites for hydroxylation is 1. The van der Waals surface area contributed by atoms with Gasteiger partial charge in [-0.25, -0.2) is 0 Å². The van der Waals surface area contributed by atoms with Crippen molar-refractivity contribution in [1.82, 2.24) is 15.1 Å². The van der Waals surface area contributed by atoms with E-state index in [-0.39, 0.29) is 23.7 Å². The number of carbonyl (C=O) groups excluding carboxylic acids is 1. The Morgan fingerprint density at radius 1 is 1.33 bits per heavy atom. The number of nitrogens with zero attached hydrogens (tertiary/aromatic N) is 2. The molecule has 0 radical (unpaired) electrons. The number of aromatic nitrogens is 2. The van der Waals surface area contributed by atoms with E-state index in [2.05, 4.69) is 41.1 Å². The van der Waals surface area contributed by atoms with E-state index in [4.69, 9.17) is 9.47 Å². The summed E-state index contributed by atoms with van der Waals surface area (Å²) in [5, 5.41) is 6.80. The summed E-state index contributed by atoms with van der Waals surface area (Å²) < 4.78 is 13.0. The summed E-state index contributed by atoms with van der Waals surface area (Å²) in [5.74, 6) is 1.90. The monoisotopic (exact) mass is 409 g/mol. The Morgan fingerprint density at radius 2 is 2.20 bits per heavy atom. The van der Waals surface area contributed by atoms with E-state index in [1.165, 1.54) is 5.56 Å². The number of rotatable bonds is 4. The predicted molar refractivity (Wildman–Crippen MR) is 113 cm³/mol. The molecule has 2 saturated heterocycles. The van der Waals surface area contributed by atoms with Crippen LogP contribution in [-0.4, -0.2) is 45.8 Å². The molecular weight excluding hydrogens is 378 g/mol. The molecule has 4 atom stereocenters. The van der Waals surface area contributed by atoms with Gasteiger partial charge in [0.05, 0.1) is 18.4 Å². The first kappa shape index (κ1) is 19.6. The molecule has 4 heterocycles. The van der Waals surface area contributed by atoms with Gasteiger partial charge in [-0.3, -0.25) is 9.89 Å². The number of para-hydroxylation sites is 1. The van der Waals surface area contributed by atoms with Crippen molar-refractivity contribution < 1.29 is 14.3 Å². The van der Waals surface area contributed by atoms with Crippen molar-refractivity contribution in [1.29, 1.82) is 0 Å². The number of fused-ring (bicyclic) bond motifs is 4. The smallest absolute Gasteiger partial charge is 0.222 e. The van der Waals surface area contributed by atoms with Gasteiger partial charge >= 0.3 is 0 Å². The maximum absolute atomic E-state index is 12.8. The molecular formula is C24H31N3O3. The van der Waals surface area contributed by atoms with Crippen molar-refractivity contribution in [3.8, 4) is 5.75 Å². The van der Waals surface area contributed by atoms with E-state index in [0.717, 1.165) is 50.1 Å². The highest BCUT2D eigenvalue weighted by molar-refractivity contribution is 5.76. The molecule has 3 aliphatic heterocycles. The van der Waals surface area contributed by atoms with Gasteiger partial charge in [-0.05, 0) is 51.2 Å². The average molecular weight is 410 g/mol. The number of H-pyrrole nitrogens is 1. The number of aromatic amines is 1. The molecule has 1 amide bonds. The van der Waals surface area contributed by atoms with Gasteiger partial charge in [0.25, 0.3) is 0 Å². The van der Waals surface area contributed by atoms with Crippen molar-refractivity contribution in [3.63, 3.8) is 0 Å². The normalized spacial score (nSPS) is 29.3. The van der Waals surface area contributed by atoms with Gasteiger partial charge in [0.1, 0.15) is 11.4 Å². The lowest BCUT2D eigenvalue weighted by atomic mass is 9.70. The number of nitrogens with one attached hydrogen (secondary N) is 1. The number of ether oxygens (including phenoxy) is 2. The Labute approximate surface area is 177 Å². The van der Waals surface area contributed by atoms with Gasteiger partial charge in [-0.2, -0.15) is 5.10 Å². The lowest BCUT2D eigenvalue weighted by molar-refractivity contribution is -0.188. The largest absolute Gasteiger partial charge is 0.487 e. The minimum Gasteiger partial charge on any atom is -0.487 e. The maximum Gasteiger partial charge on any atom is 0.222 e. The number of likely N-dealkylation sites (tertiary alicyclic amines) is 1. The lowest BCUT2D eigenvalue weighted by Gasteiger charge is -2.53. The highest BCUT2D eigenvalue weighted by atomic mass is 16.5. The second-order valence-electron chi connectivity index (χ2n) is 9.53. The fourth-order valence-corrected chi connectivity index (χ4v) is 5.50. The summed E-state index contributed by atoms with van der Waals surface area (Å²) in [6.45, 7) is 5.94. The number of benzene rings is 1. The average Bonchev–Trinajstić information content (AvgIpc) is 3.25. The first-order chi connectivity index (χ1) is 14.5. The summed E-state index contributed by atoms with van der Waals surface area (Å²) in [5.41, 5.74) is 2.06. The van der Waals surface area contributed by atoms with Crippen LogP contribution in [0.5, 0.6) is 5.75 Å². The Balaban J connectivity index is 1.23. The Hall–Kier alpha value is -2.34. The minimum absolute atomic E-state index is 0.0865. The van der Waals surface area contributed by atoms with Gasteiger partial charge in [0, 0.05) is 43.1 Å². The number of carbonyl (C=O) groups is 1. The Morgan fingerprint density at radius 3 is 3.03 bits per heavy atom. The molecule has 0 bridgehead atoms. The third-order valence-corrected chi connectivity index (χ3v) is 7.16. The standard InChI is InChI=1S/C24H31N3O3/c1-24(2)19-12-17-15-27(22(28)9-5-6-16-13-25-26-14-16)11-10-20(17)29-23(19)18-7-3-4-8-21(18)30-24/h3-4,7-8,13-14,17,19-20,23H,5-6,9-12,15H2,1-2H3,(H,25,26)/t17-,19-,20-,23+/m0/s1. The zero-order valence-electron chi connectivity index (χ0n) is 17.8. The molecule has 5 rings (SSSR count). The van der Waals surface area contributed by atoms with Crippen molar-refractivity contribution in [2.45, 2.75) is 63.8 Å². The number of amides is 1. The van der Waals surface area contributed by atoms with Crippen LogP contribution < -0.4 is 4.74 Å². The summed E-state index contributed by atoms with van der Waals surface area (Å²) in [6, 6.07) is 8.28. The fraction of sp³-hybridized carbons (Fsp3) is 0.583. The van der Waals surface area contributed by atoms with Gasteiger partial charge in [0.15, 0.2) is 0 Å². The molecule has 0 spiro atoms. The van der Waals surface area contributed by atoms with Crippen molar-refractivity contribution in [3.05, 3.63) is 47.8 Å². The summed E-state index contributed by atoms with van der Waals surface area (Å²) >= 11 is 0. The second-order valence-corrected chi connectivity index (χ2v) is 9.53. The van der Waals surface area contributed by atoms with Crippen LogP contribution in [0, 0.1) is 11.8 Å². The van der Waals surface area contributed by atoms with Gasteiger partial charge in [-0.1, -0.05) is 18.2 Å². The Bertz CT molecular complexity index is 895. The fourth-order valence-electron chi connectivity index (χ4n) is 5.50. The highest BCUT2D eigenvalue weighted by Gasteiger charge is 2.51. The van der Waals surface area contributed by atoms with Crippen LogP contribution in [0.25, 0.3) is 0 Å². The highest BCUT2D eigenvalue weighted by Crippen LogP contribution is 2.52. The number of hydrogen-bond donors (Lipinski definition) is 1. The predicted octanol–water partition coefficient (Wildman–Crippen LogP) is 3.90. The van der Waals surface area contributed by atoms with E-state index in [1.807, 2.05) is 24.5 Å². The molecule has 3 aliphatic rings. The quantitative estimate of drug-likeness (QED) is 0.832. The molecule has 2 aromatic rings. The topological polar surface area (TPSA) is 67.5 Å². The molecule has 6 nitrogen and oxygen atoms in total. The number of hydrogen-bond acceptors (Lipinski definition) is 4. The van der Waals surface area contributed by atoms with Crippen molar-refractivity contribution >= 4 is 5.91 Å². The zero-order chi connectivity index (χ0) is 20.7. The molecule has 0 unspecified atom stereocenters. The third-order valence-electron chi connectivity index (χ3n) is 7.16. The van der Waals surface area contributed by atoms with Crippen LogP contribution >= 0.6 is 0 Å². The van der Waals surface area contributed by atoms with E-state index in [0.29, 0.717) is 18.3 Å². The Kier molecular flexibility index (Phi) is 5.05. The van der Waals surface area contributed by atoms with Crippen LogP contribution in [0.3, 0.4) is 0 Å². The minimum atomic E-state index is -0.277. The molecule has 0 saturated carbocycles. The molecule has 6 heteroatoms. The van der Waals surface area contributed by atoms with Crippen molar-refractivity contribution in [2.75, 3.05) is 13.1 Å². The van der Waals surface area contributed by atoms with E-state index >= 15 is 0 Å². The van der Waals surface area contributed by atoms with Gasteiger partial charge in [0.2, 0.25) is 5.91 Å². The number of piperidine rings is 1. The van der Waals surface area contributed by atoms with Crippen LogP contribution in [0.1, 0.15) is 56.8 Å². The van der Waals surface area contributed by atoms with Crippen LogP contribution in [-0.2, 0) is 16.0 Å². The molecule has 160 valence electrons. The summed E-state index contributed by atoms with van der Waals surface area (Å²) in [6.07, 6.45) is 8.35. The SMILES string of the molecule is CC1(C)Oc2ccccc2[C@H]2O[C@H]3CCN(C(=O)CCCc4cn[nH]c4)C[C@@H]3C[C@@H]21. The van der Waals surface area contributed by atoms with Gasteiger partial charge in [-0.15, -0.1) is 0 Å². The molecule has 1 aromatic carbocycles. The molecule has 2 fully saturated rings. The zero-order valence-corrected chi connectivity index (χ0v) is 17.8. The van der Waals surface area contributed by atoms with Gasteiger partial charge < -0.3 is 14.4 Å². The lowest BCUT2D eigenvalue weighted by Crippen LogP contribution is -2.55. The first-order valence-corrected chi connectivity index (χ1v) is 11.2. The maximum atomic E-state index is 12.8. The van der Waals surface area contributed by atoms with Crippen molar-refractivity contribution in [2.24, 2.45) is 11.8 Å². The second kappa shape index (κ2) is 7.73. The first-order valence-electron chi connectivity index (χ1n) is 11.2. The van der Waals surface area contributed by atoms with Crippen LogP contribution in [0.15, 0.2) is 36.7 Å². The van der Waals surface area contributed by atoms with E-state index in [9.17, 15) is 4.79 Å². The van der Waals surface area contributed by atoms with E-state index in [1.54, 1.807) is 0 Å². The molecule has 1 N–H and O–H groups in total. The third kappa shape index (κ3) is 3.62. The summed E-state index contributed by atoms with van der Waals surface area (Å²) in [4.78, 5) is 14.9.